The van der Waals surface area contributed by atoms with Gasteiger partial charge >= 0.3 is 5.97 Å². The van der Waals surface area contributed by atoms with Crippen molar-refractivity contribution in [1.82, 2.24) is 0 Å². The normalized spacial score (nSPS) is 12.2. The molecule has 4 rings (SSSR count). The Labute approximate surface area is 161 Å². The van der Waals surface area contributed by atoms with Gasteiger partial charge in [-0.1, -0.05) is 48.5 Å². The van der Waals surface area contributed by atoms with Crippen LogP contribution in [0.15, 0.2) is 66.7 Å². The SMILES string of the molecule is COc1ccc(COC(=O)c2cccc3c2C(=O)c2ccccc2C3=O)cc1. The molecule has 0 radical (unpaired) electrons. The molecule has 0 atom stereocenters. The Bertz CT molecular complexity index is 1100. The molecule has 0 amide bonds. The van der Waals surface area contributed by atoms with Crippen LogP contribution < -0.4 is 4.74 Å². The van der Waals surface area contributed by atoms with E-state index in [1.54, 1.807) is 67.8 Å². The zero-order valence-corrected chi connectivity index (χ0v) is 15.1. The summed E-state index contributed by atoms with van der Waals surface area (Å²) >= 11 is 0. The van der Waals surface area contributed by atoms with E-state index >= 15 is 0 Å². The van der Waals surface area contributed by atoms with E-state index in [1.807, 2.05) is 0 Å². The van der Waals surface area contributed by atoms with Gasteiger partial charge in [-0.3, -0.25) is 9.59 Å². The Morgan fingerprint density at radius 3 is 2.11 bits per heavy atom. The number of methoxy groups -OCH3 is 1. The zero-order chi connectivity index (χ0) is 19.7. The molecular weight excluding hydrogens is 356 g/mol. The standard InChI is InChI=1S/C23H16O5/c1-27-15-11-9-14(10-12-15)13-28-23(26)19-8-4-7-18-20(19)22(25)17-6-3-2-5-16(17)21(18)24/h2-12H,13H2,1H3. The quantitative estimate of drug-likeness (QED) is 0.509. The van der Waals surface area contributed by atoms with E-state index in [0.717, 1.165) is 5.56 Å². The van der Waals surface area contributed by atoms with E-state index < -0.39 is 5.97 Å². The average molecular weight is 372 g/mol. The number of esters is 1. The molecule has 5 nitrogen and oxygen atoms in total. The van der Waals surface area contributed by atoms with E-state index in [4.69, 9.17) is 9.47 Å². The van der Waals surface area contributed by atoms with Crippen LogP contribution in [-0.2, 0) is 11.3 Å². The first-order chi connectivity index (χ1) is 13.6. The van der Waals surface area contributed by atoms with Crippen molar-refractivity contribution >= 4 is 17.5 Å². The third kappa shape index (κ3) is 2.97. The van der Waals surface area contributed by atoms with Gasteiger partial charge in [0.2, 0.25) is 0 Å². The molecular formula is C23H16O5. The van der Waals surface area contributed by atoms with E-state index in [2.05, 4.69) is 0 Å². The topological polar surface area (TPSA) is 69.7 Å². The van der Waals surface area contributed by atoms with Gasteiger partial charge in [0.25, 0.3) is 0 Å². The molecule has 28 heavy (non-hydrogen) atoms. The highest BCUT2D eigenvalue weighted by Gasteiger charge is 2.33. The van der Waals surface area contributed by atoms with Gasteiger partial charge in [-0.25, -0.2) is 4.79 Å². The fourth-order valence-electron chi connectivity index (χ4n) is 3.26. The molecule has 0 saturated carbocycles. The zero-order valence-electron chi connectivity index (χ0n) is 15.1. The highest BCUT2D eigenvalue weighted by molar-refractivity contribution is 6.30. The number of fused-ring (bicyclic) bond motifs is 2. The second-order valence-corrected chi connectivity index (χ2v) is 6.36. The molecule has 0 bridgehead atoms. The van der Waals surface area contributed by atoms with Gasteiger partial charge < -0.3 is 9.47 Å². The van der Waals surface area contributed by atoms with Crippen LogP contribution in [0.25, 0.3) is 0 Å². The van der Waals surface area contributed by atoms with Crippen molar-refractivity contribution in [2.75, 3.05) is 7.11 Å². The van der Waals surface area contributed by atoms with Crippen LogP contribution in [0, 0.1) is 0 Å². The minimum atomic E-state index is -0.645. The summed E-state index contributed by atoms with van der Waals surface area (Å²) in [7, 11) is 1.57. The molecule has 0 spiro atoms. The van der Waals surface area contributed by atoms with Crippen molar-refractivity contribution in [2.24, 2.45) is 0 Å². The predicted octanol–water partition coefficient (Wildman–Crippen LogP) is 3.83. The van der Waals surface area contributed by atoms with Crippen LogP contribution in [0.1, 0.15) is 47.8 Å². The summed E-state index contributed by atoms with van der Waals surface area (Å²) in [5.74, 6) is -0.555. The number of carbonyl (C=O) groups is 3. The third-order valence-electron chi connectivity index (χ3n) is 4.70. The molecule has 0 aromatic heterocycles. The molecule has 138 valence electrons. The Morgan fingerprint density at radius 2 is 1.43 bits per heavy atom. The smallest absolute Gasteiger partial charge is 0.339 e. The van der Waals surface area contributed by atoms with Crippen molar-refractivity contribution in [2.45, 2.75) is 6.61 Å². The lowest BCUT2D eigenvalue weighted by molar-refractivity contribution is 0.0470. The molecule has 3 aromatic rings. The second kappa shape index (κ2) is 7.12. The summed E-state index contributed by atoms with van der Waals surface area (Å²) in [6.45, 7) is 0.0468. The van der Waals surface area contributed by atoms with E-state index in [9.17, 15) is 14.4 Å². The molecule has 1 aliphatic rings. The predicted molar refractivity (Wildman–Crippen MR) is 102 cm³/mol. The molecule has 0 fully saturated rings. The number of carbonyl (C=O) groups excluding carboxylic acids is 3. The van der Waals surface area contributed by atoms with Gasteiger partial charge in [-0.15, -0.1) is 0 Å². The molecule has 0 saturated heterocycles. The molecule has 0 heterocycles. The Morgan fingerprint density at radius 1 is 0.786 bits per heavy atom. The van der Waals surface area contributed by atoms with Gasteiger partial charge in [-0.2, -0.15) is 0 Å². The number of rotatable bonds is 4. The molecule has 1 aliphatic carbocycles. The first kappa shape index (κ1) is 17.7. The van der Waals surface area contributed by atoms with E-state index in [0.29, 0.717) is 16.9 Å². The first-order valence-electron chi connectivity index (χ1n) is 8.71. The van der Waals surface area contributed by atoms with Gasteiger partial charge in [0.15, 0.2) is 11.6 Å². The molecule has 0 N–H and O–H groups in total. The number of ether oxygens (including phenoxy) is 2. The fraction of sp³-hybridized carbons (Fsp3) is 0.0870. The highest BCUT2D eigenvalue weighted by atomic mass is 16.5. The van der Waals surface area contributed by atoms with Crippen molar-refractivity contribution in [3.05, 3.63) is 100 Å². The van der Waals surface area contributed by atoms with Gasteiger partial charge in [0.05, 0.1) is 12.7 Å². The van der Waals surface area contributed by atoms with Crippen LogP contribution in [0.4, 0.5) is 0 Å². The molecule has 0 unspecified atom stereocenters. The maximum Gasteiger partial charge on any atom is 0.339 e. The van der Waals surface area contributed by atoms with Crippen molar-refractivity contribution in [3.8, 4) is 5.75 Å². The third-order valence-corrected chi connectivity index (χ3v) is 4.70. The summed E-state index contributed by atoms with van der Waals surface area (Å²) in [4.78, 5) is 38.4. The van der Waals surface area contributed by atoms with E-state index in [1.165, 1.54) is 6.07 Å². The second-order valence-electron chi connectivity index (χ2n) is 6.36. The Balaban J connectivity index is 1.63. The monoisotopic (exact) mass is 372 g/mol. The van der Waals surface area contributed by atoms with Crippen LogP contribution in [0.2, 0.25) is 0 Å². The lowest BCUT2D eigenvalue weighted by Crippen LogP contribution is -2.24. The summed E-state index contributed by atoms with van der Waals surface area (Å²) < 4.78 is 10.5. The van der Waals surface area contributed by atoms with Crippen molar-refractivity contribution < 1.29 is 23.9 Å². The van der Waals surface area contributed by atoms with Gasteiger partial charge in [0.1, 0.15) is 12.4 Å². The Hall–Kier alpha value is -3.73. The number of hydrogen-bond acceptors (Lipinski definition) is 5. The number of hydrogen-bond donors (Lipinski definition) is 0. The average Bonchev–Trinajstić information content (AvgIpc) is 2.75. The van der Waals surface area contributed by atoms with Crippen LogP contribution >= 0.6 is 0 Å². The minimum absolute atomic E-state index is 0.0468. The minimum Gasteiger partial charge on any atom is -0.497 e. The van der Waals surface area contributed by atoms with Crippen molar-refractivity contribution in [1.29, 1.82) is 0 Å². The van der Waals surface area contributed by atoms with E-state index in [-0.39, 0.29) is 34.9 Å². The largest absolute Gasteiger partial charge is 0.497 e. The van der Waals surface area contributed by atoms with Crippen LogP contribution in [0.3, 0.4) is 0 Å². The lowest BCUT2D eigenvalue weighted by Gasteiger charge is -2.19. The molecule has 3 aromatic carbocycles. The number of ketones is 2. The summed E-state index contributed by atoms with van der Waals surface area (Å²) in [6.07, 6.45) is 0. The molecule has 0 aliphatic heterocycles. The Kier molecular flexibility index (Phi) is 4.49. The summed E-state index contributed by atoms with van der Waals surface area (Å²) in [5.41, 5.74) is 1.86. The summed E-state index contributed by atoms with van der Waals surface area (Å²) in [6, 6.07) is 18.4. The highest BCUT2D eigenvalue weighted by Crippen LogP contribution is 2.30. The van der Waals surface area contributed by atoms with Crippen molar-refractivity contribution in [3.63, 3.8) is 0 Å². The maximum atomic E-state index is 12.9. The first-order valence-corrected chi connectivity index (χ1v) is 8.71. The maximum absolute atomic E-state index is 12.9. The van der Waals surface area contributed by atoms with Gasteiger partial charge in [0, 0.05) is 22.3 Å². The van der Waals surface area contributed by atoms with Crippen LogP contribution in [-0.4, -0.2) is 24.6 Å². The number of benzene rings is 3. The fourth-order valence-corrected chi connectivity index (χ4v) is 3.26. The lowest BCUT2D eigenvalue weighted by atomic mass is 9.82. The summed E-state index contributed by atoms with van der Waals surface area (Å²) in [5, 5.41) is 0. The van der Waals surface area contributed by atoms with Gasteiger partial charge in [-0.05, 0) is 23.8 Å². The molecule has 5 heteroatoms. The van der Waals surface area contributed by atoms with Crippen LogP contribution in [0.5, 0.6) is 5.75 Å².